The Bertz CT molecular complexity index is 929. The second kappa shape index (κ2) is 7.26. The second-order valence-corrected chi connectivity index (χ2v) is 9.06. The van der Waals surface area contributed by atoms with Gasteiger partial charge in [-0.15, -0.1) is 11.3 Å². The predicted molar refractivity (Wildman–Crippen MR) is 111 cm³/mol. The fourth-order valence-electron chi connectivity index (χ4n) is 3.90. The third-order valence-corrected chi connectivity index (χ3v) is 6.59. The first kappa shape index (κ1) is 17.2. The van der Waals surface area contributed by atoms with Gasteiger partial charge >= 0.3 is 0 Å². The van der Waals surface area contributed by atoms with Gasteiger partial charge in [0.05, 0.1) is 23.0 Å². The average Bonchev–Trinajstić information content (AvgIpc) is 3.20. The highest BCUT2D eigenvalue weighted by molar-refractivity contribution is 7.15. The first-order valence-electron chi connectivity index (χ1n) is 9.96. The summed E-state index contributed by atoms with van der Waals surface area (Å²) in [7, 11) is 0. The van der Waals surface area contributed by atoms with Gasteiger partial charge < -0.3 is 15.4 Å². The topological polar surface area (TPSA) is 64.2 Å². The maximum absolute atomic E-state index is 9.86. The quantitative estimate of drug-likeness (QED) is 0.601. The number of anilines is 1. The van der Waals surface area contributed by atoms with Crippen molar-refractivity contribution in [1.29, 1.82) is 0 Å². The van der Waals surface area contributed by atoms with Crippen LogP contribution in [0.15, 0.2) is 30.5 Å². The van der Waals surface area contributed by atoms with Gasteiger partial charge in [-0.3, -0.25) is 4.90 Å². The Kier molecular flexibility index (Phi) is 4.63. The number of fused-ring (bicyclic) bond motifs is 1. The number of rotatable bonds is 6. The number of para-hydroxylation sites is 1. The van der Waals surface area contributed by atoms with Crippen molar-refractivity contribution in [2.24, 2.45) is 5.92 Å². The third-order valence-electron chi connectivity index (χ3n) is 5.58. The highest BCUT2D eigenvalue weighted by Crippen LogP contribution is 2.33. The normalized spacial score (nSPS) is 21.0. The number of aliphatic hydroxyl groups is 1. The zero-order valence-electron chi connectivity index (χ0n) is 15.4. The van der Waals surface area contributed by atoms with E-state index in [0.29, 0.717) is 0 Å². The molecule has 0 bridgehead atoms. The molecule has 3 heterocycles. The van der Waals surface area contributed by atoms with Crippen molar-refractivity contribution in [3.05, 3.63) is 35.3 Å². The molecule has 27 heavy (non-hydrogen) atoms. The van der Waals surface area contributed by atoms with Crippen molar-refractivity contribution < 1.29 is 5.11 Å². The molecule has 2 fully saturated rings. The summed E-state index contributed by atoms with van der Waals surface area (Å²) < 4.78 is 0. The third kappa shape index (κ3) is 3.88. The van der Waals surface area contributed by atoms with Crippen molar-refractivity contribution in [3.63, 3.8) is 0 Å². The molecule has 3 aromatic rings. The number of nitrogens with one attached hydrogen (secondary N) is 2. The van der Waals surface area contributed by atoms with E-state index in [2.05, 4.69) is 44.5 Å². The Morgan fingerprint density at radius 1 is 1.30 bits per heavy atom. The molecule has 1 saturated heterocycles. The van der Waals surface area contributed by atoms with Gasteiger partial charge in [-0.25, -0.2) is 4.98 Å². The molecule has 1 saturated carbocycles. The molecule has 142 valence electrons. The van der Waals surface area contributed by atoms with Crippen molar-refractivity contribution in [3.8, 4) is 10.7 Å². The lowest BCUT2D eigenvalue weighted by Crippen LogP contribution is -2.37. The second-order valence-electron chi connectivity index (χ2n) is 7.94. The van der Waals surface area contributed by atoms with E-state index < -0.39 is 0 Å². The molecule has 5 rings (SSSR count). The predicted octanol–water partition coefficient (Wildman–Crippen LogP) is 4.07. The van der Waals surface area contributed by atoms with Crippen LogP contribution in [0.25, 0.3) is 21.6 Å². The SMILES string of the molecule is OC1CCCN(Cc2cnc(-c3cc4cccc(NCC5CC5)c4[nH]3)s2)C1. The van der Waals surface area contributed by atoms with Crippen LogP contribution >= 0.6 is 11.3 Å². The van der Waals surface area contributed by atoms with Crippen molar-refractivity contribution in [1.82, 2.24) is 14.9 Å². The lowest BCUT2D eigenvalue weighted by Gasteiger charge is -2.29. The fraction of sp³-hybridized carbons (Fsp3) is 0.476. The van der Waals surface area contributed by atoms with Crippen molar-refractivity contribution >= 4 is 27.9 Å². The highest BCUT2D eigenvalue weighted by Gasteiger charge is 2.21. The molecule has 2 aliphatic rings. The van der Waals surface area contributed by atoms with E-state index in [1.165, 1.54) is 34.3 Å². The van der Waals surface area contributed by atoms with E-state index >= 15 is 0 Å². The number of aliphatic hydroxyl groups excluding tert-OH is 1. The highest BCUT2D eigenvalue weighted by atomic mass is 32.1. The number of piperidine rings is 1. The van der Waals surface area contributed by atoms with Gasteiger partial charge in [0.15, 0.2) is 0 Å². The zero-order valence-corrected chi connectivity index (χ0v) is 16.3. The van der Waals surface area contributed by atoms with E-state index in [4.69, 9.17) is 0 Å². The maximum Gasteiger partial charge on any atom is 0.139 e. The maximum atomic E-state index is 9.86. The lowest BCUT2D eigenvalue weighted by molar-refractivity contribution is 0.0673. The molecular weight excluding hydrogens is 356 g/mol. The Morgan fingerprint density at radius 2 is 2.22 bits per heavy atom. The van der Waals surface area contributed by atoms with Crippen LogP contribution in [0.4, 0.5) is 5.69 Å². The molecule has 5 nitrogen and oxygen atoms in total. The molecule has 1 aliphatic heterocycles. The summed E-state index contributed by atoms with van der Waals surface area (Å²) in [6, 6.07) is 8.62. The molecule has 1 aromatic carbocycles. The molecule has 0 radical (unpaired) electrons. The summed E-state index contributed by atoms with van der Waals surface area (Å²) in [5, 5.41) is 15.7. The molecule has 1 aliphatic carbocycles. The van der Waals surface area contributed by atoms with Crippen LogP contribution in [0.1, 0.15) is 30.6 Å². The zero-order chi connectivity index (χ0) is 18.2. The smallest absolute Gasteiger partial charge is 0.139 e. The monoisotopic (exact) mass is 382 g/mol. The average molecular weight is 383 g/mol. The minimum Gasteiger partial charge on any atom is -0.392 e. The lowest BCUT2D eigenvalue weighted by atomic mass is 10.1. The number of benzene rings is 1. The van der Waals surface area contributed by atoms with Crippen LogP contribution in [0.2, 0.25) is 0 Å². The fourth-order valence-corrected chi connectivity index (χ4v) is 4.82. The summed E-state index contributed by atoms with van der Waals surface area (Å²) in [5.74, 6) is 0.851. The molecule has 0 amide bonds. The van der Waals surface area contributed by atoms with E-state index in [1.54, 1.807) is 11.3 Å². The Labute approximate surface area is 163 Å². The molecule has 2 aromatic heterocycles. The summed E-state index contributed by atoms with van der Waals surface area (Å²) in [6.45, 7) is 3.78. The van der Waals surface area contributed by atoms with Crippen LogP contribution < -0.4 is 5.32 Å². The number of H-pyrrole nitrogens is 1. The van der Waals surface area contributed by atoms with Crippen LogP contribution in [-0.4, -0.2) is 45.7 Å². The Hall–Kier alpha value is -1.89. The number of likely N-dealkylation sites (tertiary alicyclic amines) is 1. The van der Waals surface area contributed by atoms with Crippen LogP contribution in [0, 0.1) is 5.92 Å². The summed E-state index contributed by atoms with van der Waals surface area (Å²) >= 11 is 1.74. The number of nitrogens with zero attached hydrogens (tertiary/aromatic N) is 2. The molecule has 1 unspecified atom stereocenters. The van der Waals surface area contributed by atoms with Gasteiger partial charge in [0, 0.05) is 36.1 Å². The number of aromatic amines is 1. The van der Waals surface area contributed by atoms with E-state index in [9.17, 15) is 5.11 Å². The minimum atomic E-state index is -0.179. The summed E-state index contributed by atoms with van der Waals surface area (Å²) in [4.78, 5) is 11.8. The van der Waals surface area contributed by atoms with Gasteiger partial charge in [-0.2, -0.15) is 0 Å². The van der Waals surface area contributed by atoms with Gasteiger partial charge in [0.25, 0.3) is 0 Å². The Morgan fingerprint density at radius 3 is 3.07 bits per heavy atom. The van der Waals surface area contributed by atoms with Gasteiger partial charge in [-0.05, 0) is 50.3 Å². The van der Waals surface area contributed by atoms with Crippen LogP contribution in [0.5, 0.6) is 0 Å². The van der Waals surface area contributed by atoms with E-state index in [0.717, 1.165) is 55.6 Å². The van der Waals surface area contributed by atoms with Crippen molar-refractivity contribution in [2.45, 2.75) is 38.3 Å². The van der Waals surface area contributed by atoms with Gasteiger partial charge in [-0.1, -0.05) is 12.1 Å². The van der Waals surface area contributed by atoms with E-state index in [1.807, 2.05) is 6.20 Å². The minimum absolute atomic E-state index is 0.179. The van der Waals surface area contributed by atoms with Gasteiger partial charge in [0.1, 0.15) is 5.01 Å². The summed E-state index contributed by atoms with van der Waals surface area (Å²) in [5.41, 5.74) is 3.44. The number of β-amino-alcohol motifs (C(OH)–C–C–N with tert-alkyl or cyclic N) is 1. The molecular formula is C21H26N4OS. The van der Waals surface area contributed by atoms with Crippen LogP contribution in [0.3, 0.4) is 0 Å². The van der Waals surface area contributed by atoms with E-state index in [-0.39, 0.29) is 6.10 Å². The molecule has 6 heteroatoms. The van der Waals surface area contributed by atoms with Crippen molar-refractivity contribution in [2.75, 3.05) is 25.0 Å². The first-order valence-corrected chi connectivity index (χ1v) is 10.8. The van der Waals surface area contributed by atoms with Gasteiger partial charge in [0.2, 0.25) is 0 Å². The Balaban J connectivity index is 1.34. The summed E-state index contributed by atoms with van der Waals surface area (Å²) in [6.07, 6.45) is 6.52. The molecule has 1 atom stereocenters. The first-order chi connectivity index (χ1) is 13.2. The standard InChI is InChI=1S/C21H26N4OS/c26-16-4-2-8-25(12-16)13-17-11-23-21(27-17)19-9-15-3-1-5-18(20(15)24-19)22-10-14-6-7-14/h1,3,5,9,11,14,16,22,24,26H,2,4,6-8,10,12-13H2. The number of hydrogen-bond acceptors (Lipinski definition) is 5. The molecule has 3 N–H and O–H groups in total. The number of thiazole rings is 1. The number of hydrogen-bond donors (Lipinski definition) is 3. The number of aromatic nitrogens is 2. The van der Waals surface area contributed by atoms with Crippen LogP contribution in [-0.2, 0) is 6.54 Å². The molecule has 0 spiro atoms. The largest absolute Gasteiger partial charge is 0.392 e.